The van der Waals surface area contributed by atoms with E-state index >= 15 is 0 Å². The maximum Gasteiger partial charge on any atom is 0.238 e. The highest BCUT2D eigenvalue weighted by Crippen LogP contribution is 2.31. The van der Waals surface area contributed by atoms with E-state index < -0.39 is 0 Å². The van der Waals surface area contributed by atoms with Crippen LogP contribution in [0.3, 0.4) is 0 Å². The Balaban J connectivity index is 1.71. The second-order valence-electron chi connectivity index (χ2n) is 5.07. The van der Waals surface area contributed by atoms with Crippen LogP contribution in [0.4, 0.5) is 10.9 Å². The smallest absolute Gasteiger partial charge is 0.238 e. The summed E-state index contributed by atoms with van der Waals surface area (Å²) in [4.78, 5) is 17.0. The zero-order valence-electron chi connectivity index (χ0n) is 13.0. The largest absolute Gasteiger partial charge is 0.438 e. The number of benzene rings is 1. The highest BCUT2D eigenvalue weighted by molar-refractivity contribution is 7.09. The predicted octanol–water partition coefficient (Wildman–Crippen LogP) is 4.37. The van der Waals surface area contributed by atoms with Crippen LogP contribution in [-0.4, -0.2) is 24.3 Å². The number of hydrogen-bond acceptors (Lipinski definition) is 8. The van der Waals surface area contributed by atoms with Gasteiger partial charge in [-0.15, -0.1) is 0 Å². The molecule has 7 nitrogen and oxygen atoms in total. The van der Waals surface area contributed by atoms with Crippen LogP contribution >= 0.6 is 23.1 Å². The third-order valence-electron chi connectivity index (χ3n) is 3.30. The second kappa shape index (κ2) is 6.58. The normalized spacial score (nSPS) is 10.8. The molecule has 4 rings (SSSR count). The van der Waals surface area contributed by atoms with Crippen LogP contribution in [0.15, 0.2) is 42.9 Å². The van der Waals surface area contributed by atoms with Gasteiger partial charge in [-0.1, -0.05) is 11.6 Å². The van der Waals surface area contributed by atoms with Crippen molar-refractivity contribution >= 4 is 45.0 Å². The van der Waals surface area contributed by atoms with E-state index in [1.807, 2.05) is 19.1 Å². The standard InChI is InChI=1S/C16H11ClN6OS/c1-9-21-16(25-23-9)22-14-11-7-10(4-5-13(11)19-8-20-14)24-15-12(17)3-2-6-18-15/h2-8H,1H3,(H,19,20,21,22,23). The van der Waals surface area contributed by atoms with E-state index in [2.05, 4.69) is 29.6 Å². The van der Waals surface area contributed by atoms with Crippen molar-refractivity contribution in [2.75, 3.05) is 5.32 Å². The lowest BCUT2D eigenvalue weighted by Crippen LogP contribution is -1.96. The van der Waals surface area contributed by atoms with Gasteiger partial charge in [0.1, 0.15) is 28.7 Å². The third-order valence-corrected chi connectivity index (χ3v) is 4.31. The Hall–Kier alpha value is -2.84. The number of nitrogens with zero attached hydrogens (tertiary/aromatic N) is 5. The number of nitrogens with one attached hydrogen (secondary N) is 1. The second-order valence-corrected chi connectivity index (χ2v) is 6.22. The van der Waals surface area contributed by atoms with Gasteiger partial charge < -0.3 is 10.1 Å². The number of ether oxygens (including phenoxy) is 1. The molecular weight excluding hydrogens is 360 g/mol. The van der Waals surface area contributed by atoms with Crippen molar-refractivity contribution in [1.29, 1.82) is 0 Å². The minimum Gasteiger partial charge on any atom is -0.438 e. The van der Waals surface area contributed by atoms with E-state index in [4.69, 9.17) is 16.3 Å². The Bertz CT molecular complexity index is 1050. The maximum absolute atomic E-state index is 6.09. The first-order valence-corrected chi connectivity index (χ1v) is 8.44. The van der Waals surface area contributed by atoms with Crippen LogP contribution in [-0.2, 0) is 0 Å². The van der Waals surface area contributed by atoms with E-state index in [9.17, 15) is 0 Å². The first kappa shape index (κ1) is 15.7. The van der Waals surface area contributed by atoms with E-state index in [-0.39, 0.29) is 0 Å². The van der Waals surface area contributed by atoms with E-state index in [1.54, 1.807) is 24.4 Å². The van der Waals surface area contributed by atoms with Crippen molar-refractivity contribution in [3.8, 4) is 11.6 Å². The first-order chi connectivity index (χ1) is 12.2. The molecule has 0 aliphatic rings. The fraction of sp³-hybridized carbons (Fsp3) is 0.0625. The summed E-state index contributed by atoms with van der Waals surface area (Å²) in [5, 5.41) is 5.06. The van der Waals surface area contributed by atoms with Gasteiger partial charge >= 0.3 is 0 Å². The Morgan fingerprint density at radius 1 is 1.16 bits per heavy atom. The number of aryl methyl sites for hydroxylation is 1. The molecule has 0 saturated heterocycles. The molecule has 0 atom stereocenters. The molecule has 1 aromatic carbocycles. The average molecular weight is 371 g/mol. The monoisotopic (exact) mass is 370 g/mol. The van der Waals surface area contributed by atoms with Gasteiger partial charge in [0.2, 0.25) is 11.0 Å². The van der Waals surface area contributed by atoms with Crippen molar-refractivity contribution in [1.82, 2.24) is 24.3 Å². The van der Waals surface area contributed by atoms with Crippen molar-refractivity contribution in [2.24, 2.45) is 0 Å². The molecule has 0 amide bonds. The maximum atomic E-state index is 6.09. The summed E-state index contributed by atoms with van der Waals surface area (Å²) in [5.41, 5.74) is 0.776. The molecule has 0 radical (unpaired) electrons. The van der Waals surface area contributed by atoms with Gasteiger partial charge in [0.05, 0.1) is 5.52 Å². The van der Waals surface area contributed by atoms with Crippen LogP contribution < -0.4 is 10.1 Å². The lowest BCUT2D eigenvalue weighted by molar-refractivity contribution is 0.464. The number of halogens is 1. The zero-order valence-corrected chi connectivity index (χ0v) is 14.5. The van der Waals surface area contributed by atoms with Gasteiger partial charge in [-0.25, -0.2) is 19.9 Å². The number of rotatable bonds is 4. The molecule has 0 unspecified atom stereocenters. The first-order valence-electron chi connectivity index (χ1n) is 7.29. The number of pyridine rings is 1. The molecule has 0 spiro atoms. The van der Waals surface area contributed by atoms with Gasteiger partial charge in [0, 0.05) is 23.1 Å². The van der Waals surface area contributed by atoms with Gasteiger partial charge in [-0.2, -0.15) is 4.37 Å². The lowest BCUT2D eigenvalue weighted by Gasteiger charge is -2.09. The van der Waals surface area contributed by atoms with Gasteiger partial charge in [0.15, 0.2) is 0 Å². The summed E-state index contributed by atoms with van der Waals surface area (Å²) in [7, 11) is 0. The highest BCUT2D eigenvalue weighted by atomic mass is 35.5. The van der Waals surface area contributed by atoms with E-state index in [0.717, 1.165) is 10.9 Å². The fourth-order valence-electron chi connectivity index (χ4n) is 2.21. The van der Waals surface area contributed by atoms with Crippen molar-refractivity contribution < 1.29 is 4.74 Å². The Morgan fingerprint density at radius 3 is 2.88 bits per heavy atom. The Labute approximate surface area is 151 Å². The Morgan fingerprint density at radius 2 is 2.08 bits per heavy atom. The molecule has 124 valence electrons. The summed E-state index contributed by atoms with van der Waals surface area (Å²) in [6.45, 7) is 1.84. The molecular formula is C16H11ClN6OS. The molecule has 0 aliphatic heterocycles. The number of aromatic nitrogens is 5. The molecule has 0 fully saturated rings. The summed E-state index contributed by atoms with van der Waals surface area (Å²) < 4.78 is 9.93. The molecule has 25 heavy (non-hydrogen) atoms. The van der Waals surface area contributed by atoms with E-state index in [0.29, 0.717) is 33.4 Å². The van der Waals surface area contributed by atoms with Gasteiger partial charge in [-0.05, 0) is 37.3 Å². The van der Waals surface area contributed by atoms with Crippen LogP contribution in [0.2, 0.25) is 5.02 Å². The molecule has 4 aromatic rings. The van der Waals surface area contributed by atoms with Gasteiger partial charge in [-0.3, -0.25) is 0 Å². The van der Waals surface area contributed by atoms with E-state index in [1.165, 1.54) is 17.9 Å². The minimum atomic E-state index is 0.342. The summed E-state index contributed by atoms with van der Waals surface area (Å²) in [6, 6.07) is 8.95. The molecule has 0 aliphatic carbocycles. The quantitative estimate of drug-likeness (QED) is 0.570. The highest BCUT2D eigenvalue weighted by Gasteiger charge is 2.10. The summed E-state index contributed by atoms with van der Waals surface area (Å²) in [5.74, 6) is 2.26. The lowest BCUT2D eigenvalue weighted by atomic mass is 10.2. The molecule has 9 heteroatoms. The average Bonchev–Trinajstić information content (AvgIpc) is 3.02. The van der Waals surface area contributed by atoms with Crippen LogP contribution in [0.25, 0.3) is 10.9 Å². The number of hydrogen-bond donors (Lipinski definition) is 1. The topological polar surface area (TPSA) is 85.7 Å². The molecule has 3 aromatic heterocycles. The molecule has 0 saturated carbocycles. The van der Waals surface area contributed by atoms with Crippen LogP contribution in [0, 0.1) is 6.92 Å². The summed E-state index contributed by atoms with van der Waals surface area (Å²) >= 11 is 7.37. The minimum absolute atomic E-state index is 0.342. The number of anilines is 2. The molecule has 0 bridgehead atoms. The SMILES string of the molecule is Cc1nsc(Nc2ncnc3ccc(Oc4ncccc4Cl)cc23)n1. The molecule has 3 heterocycles. The molecule has 1 N–H and O–H groups in total. The predicted molar refractivity (Wildman–Crippen MR) is 96.8 cm³/mol. The van der Waals surface area contributed by atoms with Crippen molar-refractivity contribution in [3.05, 3.63) is 53.7 Å². The van der Waals surface area contributed by atoms with Crippen LogP contribution in [0.5, 0.6) is 11.6 Å². The Kier molecular flexibility index (Phi) is 4.12. The van der Waals surface area contributed by atoms with Crippen LogP contribution in [0.1, 0.15) is 5.82 Å². The zero-order chi connectivity index (χ0) is 17.2. The summed E-state index contributed by atoms with van der Waals surface area (Å²) in [6.07, 6.45) is 3.12. The van der Waals surface area contributed by atoms with Gasteiger partial charge in [0.25, 0.3) is 0 Å². The fourth-order valence-corrected chi connectivity index (χ4v) is 2.94. The third kappa shape index (κ3) is 3.35. The number of fused-ring (bicyclic) bond motifs is 1. The van der Waals surface area contributed by atoms with Crippen molar-refractivity contribution in [2.45, 2.75) is 6.92 Å². The van der Waals surface area contributed by atoms with Crippen molar-refractivity contribution in [3.63, 3.8) is 0 Å².